The minimum atomic E-state index is -0.557. The van der Waals surface area contributed by atoms with Crippen LogP contribution in [0, 0.1) is 6.92 Å². The second-order valence-corrected chi connectivity index (χ2v) is 3.70. The predicted octanol–water partition coefficient (Wildman–Crippen LogP) is 1.13. The number of pyridine rings is 1. The summed E-state index contributed by atoms with van der Waals surface area (Å²) in [6.45, 7) is 3.81. The van der Waals surface area contributed by atoms with E-state index in [1.807, 2.05) is 0 Å². The van der Waals surface area contributed by atoms with E-state index in [-0.39, 0.29) is 5.56 Å². The van der Waals surface area contributed by atoms with Gasteiger partial charge in [0.15, 0.2) is 0 Å². The molecule has 0 atom stereocenters. The molecule has 0 saturated heterocycles. The van der Waals surface area contributed by atoms with E-state index in [9.17, 15) is 9.59 Å². The monoisotopic (exact) mass is 274 g/mol. The summed E-state index contributed by atoms with van der Waals surface area (Å²) in [5.74, 6) is -0.557. The Morgan fingerprint density at radius 2 is 2.33 bits per heavy atom. The quantitative estimate of drug-likeness (QED) is 0.812. The third-order valence-electron chi connectivity index (χ3n) is 1.73. The molecule has 1 aromatic rings. The van der Waals surface area contributed by atoms with E-state index in [0.717, 1.165) is 0 Å². The summed E-state index contributed by atoms with van der Waals surface area (Å²) in [4.78, 5) is 30.1. The van der Waals surface area contributed by atoms with Gasteiger partial charge in [-0.3, -0.25) is 14.4 Å². The van der Waals surface area contributed by atoms with Crippen LogP contribution >= 0.6 is 15.9 Å². The minimum Gasteiger partial charge on any atom is -0.325 e. The third kappa shape index (κ3) is 2.90. The fourth-order valence-corrected chi connectivity index (χ4v) is 1.29. The first-order valence-electron chi connectivity index (χ1n) is 4.37. The molecule has 0 spiro atoms. The molecule has 2 N–H and O–H groups in total. The molecule has 1 rings (SSSR count). The van der Waals surface area contributed by atoms with Gasteiger partial charge in [-0.15, -0.1) is 0 Å². The van der Waals surface area contributed by atoms with E-state index < -0.39 is 11.5 Å². The lowest BCUT2D eigenvalue weighted by molar-refractivity contribution is 0.0363. The van der Waals surface area contributed by atoms with Crippen molar-refractivity contribution in [1.29, 1.82) is 0 Å². The average molecular weight is 275 g/mol. The molecule has 0 saturated carbocycles. The topological polar surface area (TPSA) is 71.2 Å². The van der Waals surface area contributed by atoms with Crippen LogP contribution in [0.3, 0.4) is 0 Å². The second kappa shape index (κ2) is 5.09. The Kier molecular flexibility index (Phi) is 4.05. The molecular formula is C9H11BrN2O3. The van der Waals surface area contributed by atoms with Crippen LogP contribution in [-0.2, 0) is 4.84 Å². The molecule has 0 aliphatic heterocycles. The Morgan fingerprint density at radius 3 is 2.93 bits per heavy atom. The molecule has 1 aromatic heterocycles. The molecule has 5 nitrogen and oxygen atoms in total. The third-order valence-corrected chi connectivity index (χ3v) is 2.55. The van der Waals surface area contributed by atoms with Gasteiger partial charge in [0.05, 0.1) is 6.61 Å². The van der Waals surface area contributed by atoms with Crippen LogP contribution in [0.5, 0.6) is 0 Å². The van der Waals surface area contributed by atoms with Gasteiger partial charge in [0.25, 0.3) is 11.5 Å². The zero-order valence-corrected chi connectivity index (χ0v) is 9.97. The largest absolute Gasteiger partial charge is 0.325 e. The molecule has 82 valence electrons. The van der Waals surface area contributed by atoms with Gasteiger partial charge in [0.2, 0.25) is 0 Å². The van der Waals surface area contributed by atoms with Gasteiger partial charge in [-0.2, -0.15) is 0 Å². The number of aryl methyl sites for hydroxylation is 1. The minimum absolute atomic E-state index is 0.0147. The van der Waals surface area contributed by atoms with Crippen molar-refractivity contribution in [2.45, 2.75) is 13.8 Å². The van der Waals surface area contributed by atoms with Crippen LogP contribution < -0.4 is 11.0 Å². The molecule has 1 heterocycles. The SMILES string of the molecule is CCONC(=O)c1cc(Br)c(C)[nH]c1=O. The number of amides is 1. The van der Waals surface area contributed by atoms with Crippen molar-refractivity contribution in [2.24, 2.45) is 0 Å². The maximum Gasteiger partial charge on any atom is 0.280 e. The van der Waals surface area contributed by atoms with E-state index in [1.165, 1.54) is 6.07 Å². The Morgan fingerprint density at radius 1 is 1.67 bits per heavy atom. The van der Waals surface area contributed by atoms with Crippen LogP contribution in [0.4, 0.5) is 0 Å². The maximum absolute atomic E-state index is 11.4. The summed E-state index contributed by atoms with van der Waals surface area (Å²) in [5, 5.41) is 0. The zero-order chi connectivity index (χ0) is 11.4. The molecule has 0 bridgehead atoms. The number of carbonyl (C=O) groups excluding carboxylic acids is 1. The van der Waals surface area contributed by atoms with E-state index in [2.05, 4.69) is 26.4 Å². The van der Waals surface area contributed by atoms with Gasteiger partial charge in [-0.25, -0.2) is 5.48 Å². The summed E-state index contributed by atoms with van der Waals surface area (Å²) >= 11 is 3.23. The molecule has 0 aliphatic carbocycles. The number of hydroxylamine groups is 1. The zero-order valence-electron chi connectivity index (χ0n) is 8.39. The van der Waals surface area contributed by atoms with E-state index in [1.54, 1.807) is 13.8 Å². The van der Waals surface area contributed by atoms with Crippen molar-refractivity contribution >= 4 is 21.8 Å². The highest BCUT2D eigenvalue weighted by Crippen LogP contribution is 2.12. The smallest absolute Gasteiger partial charge is 0.280 e. The first kappa shape index (κ1) is 11.9. The van der Waals surface area contributed by atoms with Crippen molar-refractivity contribution in [1.82, 2.24) is 10.5 Å². The van der Waals surface area contributed by atoms with Crippen molar-refractivity contribution in [3.63, 3.8) is 0 Å². The van der Waals surface area contributed by atoms with Gasteiger partial charge >= 0.3 is 0 Å². The number of nitrogens with one attached hydrogen (secondary N) is 2. The van der Waals surface area contributed by atoms with Crippen LogP contribution in [0.25, 0.3) is 0 Å². The number of aromatic nitrogens is 1. The second-order valence-electron chi connectivity index (χ2n) is 2.85. The van der Waals surface area contributed by atoms with Crippen LogP contribution in [0.1, 0.15) is 23.0 Å². The Labute approximate surface area is 94.9 Å². The van der Waals surface area contributed by atoms with Crippen LogP contribution in [0.15, 0.2) is 15.3 Å². The van der Waals surface area contributed by atoms with E-state index >= 15 is 0 Å². The van der Waals surface area contributed by atoms with Crippen molar-refractivity contribution in [3.05, 3.63) is 32.2 Å². The first-order valence-corrected chi connectivity index (χ1v) is 5.17. The summed E-state index contributed by atoms with van der Waals surface area (Å²) < 4.78 is 0.670. The molecule has 15 heavy (non-hydrogen) atoms. The first-order chi connectivity index (χ1) is 7.06. The lowest BCUT2D eigenvalue weighted by Gasteiger charge is -2.04. The highest BCUT2D eigenvalue weighted by atomic mass is 79.9. The number of hydrogen-bond acceptors (Lipinski definition) is 3. The molecule has 0 radical (unpaired) electrons. The highest BCUT2D eigenvalue weighted by Gasteiger charge is 2.12. The number of halogens is 1. The summed E-state index contributed by atoms with van der Waals surface area (Å²) in [7, 11) is 0. The summed E-state index contributed by atoms with van der Waals surface area (Å²) in [6.07, 6.45) is 0. The predicted molar refractivity (Wildman–Crippen MR) is 58.6 cm³/mol. The Hall–Kier alpha value is -1.14. The molecule has 0 unspecified atom stereocenters. The van der Waals surface area contributed by atoms with Gasteiger partial charge in [0, 0.05) is 10.2 Å². The standard InChI is InChI=1S/C9H11BrN2O3/c1-3-15-12-9(14)6-4-7(10)5(2)11-8(6)13/h4H,3H2,1-2H3,(H,11,13)(H,12,14). The summed E-state index contributed by atoms with van der Waals surface area (Å²) in [6, 6.07) is 1.46. The fourth-order valence-electron chi connectivity index (χ4n) is 0.959. The number of rotatable bonds is 3. The van der Waals surface area contributed by atoms with Gasteiger partial charge in [0.1, 0.15) is 5.56 Å². The van der Waals surface area contributed by atoms with Gasteiger partial charge in [-0.05, 0) is 35.8 Å². The van der Waals surface area contributed by atoms with Crippen LogP contribution in [-0.4, -0.2) is 17.5 Å². The summed E-state index contributed by atoms with van der Waals surface area (Å²) in [5.41, 5.74) is 2.41. The van der Waals surface area contributed by atoms with Crippen molar-refractivity contribution in [3.8, 4) is 0 Å². The molecule has 1 amide bonds. The lowest BCUT2D eigenvalue weighted by atomic mass is 10.2. The molecule has 6 heteroatoms. The molecule has 0 aliphatic rings. The van der Waals surface area contributed by atoms with Gasteiger partial charge in [-0.1, -0.05) is 0 Å². The number of aromatic amines is 1. The van der Waals surface area contributed by atoms with E-state index in [0.29, 0.717) is 16.8 Å². The maximum atomic E-state index is 11.4. The highest BCUT2D eigenvalue weighted by molar-refractivity contribution is 9.10. The molecular weight excluding hydrogens is 264 g/mol. The lowest BCUT2D eigenvalue weighted by Crippen LogP contribution is -2.30. The normalized spacial score (nSPS) is 10.1. The average Bonchev–Trinajstić information content (AvgIpc) is 2.20. The van der Waals surface area contributed by atoms with Crippen molar-refractivity contribution in [2.75, 3.05) is 6.61 Å². The van der Waals surface area contributed by atoms with Crippen molar-refractivity contribution < 1.29 is 9.63 Å². The molecule has 0 aromatic carbocycles. The Balaban J connectivity index is 2.99. The fraction of sp³-hybridized carbons (Fsp3) is 0.333. The van der Waals surface area contributed by atoms with Gasteiger partial charge < -0.3 is 4.98 Å². The Bertz CT molecular complexity index is 428. The molecule has 0 fully saturated rings. The number of carbonyl (C=O) groups is 1. The number of H-pyrrole nitrogens is 1. The van der Waals surface area contributed by atoms with Crippen LogP contribution in [0.2, 0.25) is 0 Å². The van der Waals surface area contributed by atoms with E-state index in [4.69, 9.17) is 4.84 Å². The number of hydrogen-bond donors (Lipinski definition) is 2.